The van der Waals surface area contributed by atoms with Gasteiger partial charge in [-0.3, -0.25) is 9.89 Å². The second-order valence-electron chi connectivity index (χ2n) is 3.88. The van der Waals surface area contributed by atoms with Crippen LogP contribution in [-0.4, -0.2) is 29.4 Å². The van der Waals surface area contributed by atoms with E-state index in [0.29, 0.717) is 11.4 Å². The van der Waals surface area contributed by atoms with E-state index in [0.717, 1.165) is 11.3 Å². The predicted octanol–water partition coefficient (Wildman–Crippen LogP) is 1.49. The number of ether oxygens (including phenoxy) is 1. The van der Waals surface area contributed by atoms with E-state index in [9.17, 15) is 4.79 Å². The van der Waals surface area contributed by atoms with Crippen molar-refractivity contribution in [3.8, 4) is 5.75 Å². The minimum absolute atomic E-state index is 0.301. The van der Waals surface area contributed by atoms with Crippen LogP contribution >= 0.6 is 0 Å². The van der Waals surface area contributed by atoms with Crippen molar-refractivity contribution in [2.75, 3.05) is 7.11 Å². The largest absolute Gasteiger partial charge is 0.496 e. The Kier molecular flexibility index (Phi) is 3.92. The molecule has 0 radical (unpaired) electrons. The van der Waals surface area contributed by atoms with Crippen molar-refractivity contribution in [3.63, 3.8) is 0 Å². The molecule has 1 amide bonds. The fourth-order valence-electron chi connectivity index (χ4n) is 1.53. The normalized spacial score (nSPS) is 10.6. The van der Waals surface area contributed by atoms with E-state index in [1.807, 2.05) is 31.2 Å². The molecule has 1 aromatic carbocycles. The predicted molar refractivity (Wildman–Crippen MR) is 71.4 cm³/mol. The number of methoxy groups -OCH3 is 1. The van der Waals surface area contributed by atoms with Crippen molar-refractivity contribution in [1.29, 1.82) is 0 Å². The van der Waals surface area contributed by atoms with Gasteiger partial charge in [0.15, 0.2) is 5.69 Å². The number of hydrazone groups is 1. The van der Waals surface area contributed by atoms with E-state index in [1.165, 1.54) is 6.21 Å². The van der Waals surface area contributed by atoms with Crippen molar-refractivity contribution in [3.05, 3.63) is 47.3 Å². The third-order valence-corrected chi connectivity index (χ3v) is 2.45. The molecule has 1 heterocycles. The molecule has 0 aliphatic rings. The Balaban J connectivity index is 2.02. The topological polar surface area (TPSA) is 79.4 Å². The molecule has 2 rings (SSSR count). The summed E-state index contributed by atoms with van der Waals surface area (Å²) in [6, 6.07) is 9.03. The van der Waals surface area contributed by atoms with E-state index in [4.69, 9.17) is 4.74 Å². The number of H-pyrrole nitrogens is 1. The summed E-state index contributed by atoms with van der Waals surface area (Å²) >= 11 is 0. The lowest BCUT2D eigenvalue weighted by Gasteiger charge is -2.02. The van der Waals surface area contributed by atoms with Gasteiger partial charge in [-0.05, 0) is 25.1 Å². The molecule has 0 unspecified atom stereocenters. The summed E-state index contributed by atoms with van der Waals surface area (Å²) in [5.41, 5.74) is 4.30. The Morgan fingerprint density at radius 2 is 2.26 bits per heavy atom. The van der Waals surface area contributed by atoms with Crippen molar-refractivity contribution in [1.82, 2.24) is 15.6 Å². The summed E-state index contributed by atoms with van der Waals surface area (Å²) < 4.78 is 5.17. The molecule has 0 atom stereocenters. The van der Waals surface area contributed by atoms with Crippen LogP contribution in [0.2, 0.25) is 0 Å². The molecule has 0 bridgehead atoms. The number of aryl methyl sites for hydroxylation is 1. The van der Waals surface area contributed by atoms with Crippen LogP contribution in [0.25, 0.3) is 0 Å². The highest BCUT2D eigenvalue weighted by atomic mass is 16.5. The van der Waals surface area contributed by atoms with E-state index in [2.05, 4.69) is 20.7 Å². The highest BCUT2D eigenvalue weighted by Crippen LogP contribution is 2.14. The standard InChI is InChI=1S/C13H14N4O2/c1-9-7-11(16-15-9)13(18)17-14-8-10-5-3-4-6-12(10)19-2/h3-8H,1-2H3,(H,15,16)(H,17,18)/b14-8+. The maximum absolute atomic E-state index is 11.7. The molecule has 6 nitrogen and oxygen atoms in total. The highest BCUT2D eigenvalue weighted by molar-refractivity contribution is 5.93. The zero-order valence-electron chi connectivity index (χ0n) is 10.7. The van der Waals surface area contributed by atoms with Crippen LogP contribution in [0.3, 0.4) is 0 Å². The molecular formula is C13H14N4O2. The van der Waals surface area contributed by atoms with Gasteiger partial charge in [0.1, 0.15) is 5.75 Å². The minimum atomic E-state index is -0.365. The average molecular weight is 258 g/mol. The molecule has 2 N–H and O–H groups in total. The monoisotopic (exact) mass is 258 g/mol. The second-order valence-corrected chi connectivity index (χ2v) is 3.88. The first-order valence-electron chi connectivity index (χ1n) is 5.69. The van der Waals surface area contributed by atoms with Crippen molar-refractivity contribution in [2.45, 2.75) is 6.92 Å². The molecular weight excluding hydrogens is 244 g/mol. The average Bonchev–Trinajstić information content (AvgIpc) is 2.86. The number of nitrogens with zero attached hydrogens (tertiary/aromatic N) is 2. The number of amides is 1. The van der Waals surface area contributed by atoms with Gasteiger partial charge in [0.25, 0.3) is 5.91 Å². The maximum Gasteiger partial charge on any atom is 0.291 e. The van der Waals surface area contributed by atoms with Crippen LogP contribution in [-0.2, 0) is 0 Å². The number of rotatable bonds is 4. The fourth-order valence-corrected chi connectivity index (χ4v) is 1.53. The summed E-state index contributed by atoms with van der Waals surface area (Å²) in [4.78, 5) is 11.7. The van der Waals surface area contributed by atoms with Gasteiger partial charge in [0.05, 0.1) is 13.3 Å². The van der Waals surface area contributed by atoms with Gasteiger partial charge in [-0.2, -0.15) is 10.2 Å². The molecule has 0 fully saturated rings. The van der Waals surface area contributed by atoms with E-state index in [1.54, 1.807) is 13.2 Å². The maximum atomic E-state index is 11.7. The number of aromatic nitrogens is 2. The summed E-state index contributed by atoms with van der Waals surface area (Å²) in [6.45, 7) is 1.82. The number of aromatic amines is 1. The zero-order valence-corrected chi connectivity index (χ0v) is 10.7. The highest BCUT2D eigenvalue weighted by Gasteiger charge is 2.07. The van der Waals surface area contributed by atoms with E-state index >= 15 is 0 Å². The van der Waals surface area contributed by atoms with Gasteiger partial charge in [-0.15, -0.1) is 0 Å². The molecule has 0 spiro atoms. The number of nitrogens with one attached hydrogen (secondary N) is 2. The van der Waals surface area contributed by atoms with Crippen LogP contribution in [0.1, 0.15) is 21.7 Å². The summed E-state index contributed by atoms with van der Waals surface area (Å²) in [5.74, 6) is 0.326. The molecule has 2 aromatic rings. The van der Waals surface area contributed by atoms with Crippen molar-refractivity contribution >= 4 is 12.1 Å². The molecule has 1 aromatic heterocycles. The van der Waals surface area contributed by atoms with Crippen LogP contribution in [0.4, 0.5) is 0 Å². The first-order valence-corrected chi connectivity index (χ1v) is 5.69. The van der Waals surface area contributed by atoms with Gasteiger partial charge < -0.3 is 4.74 Å². The van der Waals surface area contributed by atoms with Gasteiger partial charge in [-0.25, -0.2) is 5.43 Å². The number of carbonyl (C=O) groups excluding carboxylic acids is 1. The van der Waals surface area contributed by atoms with E-state index in [-0.39, 0.29) is 5.91 Å². The Labute approximate surface area is 110 Å². The Hall–Kier alpha value is -2.63. The molecule has 19 heavy (non-hydrogen) atoms. The quantitative estimate of drug-likeness (QED) is 0.644. The fraction of sp³-hybridized carbons (Fsp3) is 0.154. The zero-order chi connectivity index (χ0) is 13.7. The smallest absolute Gasteiger partial charge is 0.291 e. The number of para-hydroxylation sites is 1. The number of benzene rings is 1. The van der Waals surface area contributed by atoms with Crippen LogP contribution in [0.5, 0.6) is 5.75 Å². The van der Waals surface area contributed by atoms with Crippen LogP contribution in [0.15, 0.2) is 35.4 Å². The first-order chi connectivity index (χ1) is 9.20. The Bertz CT molecular complexity index is 604. The first kappa shape index (κ1) is 12.8. The van der Waals surface area contributed by atoms with E-state index < -0.39 is 0 Å². The lowest BCUT2D eigenvalue weighted by atomic mass is 10.2. The van der Waals surface area contributed by atoms with Gasteiger partial charge >= 0.3 is 0 Å². The number of hydrogen-bond donors (Lipinski definition) is 2. The van der Waals surface area contributed by atoms with Crippen molar-refractivity contribution in [2.24, 2.45) is 5.10 Å². The van der Waals surface area contributed by atoms with Crippen molar-refractivity contribution < 1.29 is 9.53 Å². The summed E-state index contributed by atoms with van der Waals surface area (Å²) in [5, 5.41) is 10.4. The Morgan fingerprint density at radius 3 is 2.95 bits per heavy atom. The third-order valence-electron chi connectivity index (χ3n) is 2.45. The lowest BCUT2D eigenvalue weighted by Crippen LogP contribution is -2.18. The molecule has 0 aliphatic heterocycles. The summed E-state index contributed by atoms with van der Waals surface area (Å²) in [7, 11) is 1.58. The molecule has 0 saturated carbocycles. The number of hydrogen-bond acceptors (Lipinski definition) is 4. The molecule has 0 aliphatic carbocycles. The third kappa shape index (κ3) is 3.19. The van der Waals surface area contributed by atoms with Crippen LogP contribution < -0.4 is 10.2 Å². The van der Waals surface area contributed by atoms with Gasteiger partial charge in [0.2, 0.25) is 0 Å². The second kappa shape index (κ2) is 5.81. The van der Waals surface area contributed by atoms with Gasteiger partial charge in [-0.1, -0.05) is 12.1 Å². The lowest BCUT2D eigenvalue weighted by molar-refractivity contribution is 0.0950. The van der Waals surface area contributed by atoms with Crippen LogP contribution in [0, 0.1) is 6.92 Å². The molecule has 98 valence electrons. The molecule has 6 heteroatoms. The Morgan fingerprint density at radius 1 is 1.47 bits per heavy atom. The number of carbonyl (C=O) groups is 1. The summed E-state index contributed by atoms with van der Waals surface area (Å²) in [6.07, 6.45) is 1.52. The van der Waals surface area contributed by atoms with Gasteiger partial charge in [0, 0.05) is 11.3 Å². The SMILES string of the molecule is COc1ccccc1/C=N/NC(=O)c1cc(C)[nH]n1. The minimum Gasteiger partial charge on any atom is -0.496 e. The molecule has 0 saturated heterocycles.